The van der Waals surface area contributed by atoms with E-state index in [4.69, 9.17) is 14.2 Å². The lowest BCUT2D eigenvalue weighted by atomic mass is 10.1. The Balaban J connectivity index is 1.30. The summed E-state index contributed by atoms with van der Waals surface area (Å²) in [6, 6.07) is 8.63. The first-order chi connectivity index (χ1) is 16.6. The van der Waals surface area contributed by atoms with Crippen LogP contribution in [0.5, 0.6) is 17.5 Å². The van der Waals surface area contributed by atoms with E-state index in [1.807, 2.05) is 20.8 Å². The molecule has 0 aliphatic carbocycles. The lowest BCUT2D eigenvalue weighted by molar-refractivity contribution is -0.115. The molecule has 0 unspecified atom stereocenters. The minimum Gasteiger partial charge on any atom is -0.474 e. The van der Waals surface area contributed by atoms with Gasteiger partial charge < -0.3 is 19.1 Å². The highest BCUT2D eigenvalue weighted by molar-refractivity contribution is 8.18. The Kier molecular flexibility index (Phi) is 7.25. The van der Waals surface area contributed by atoms with E-state index < -0.39 is 11.5 Å². The predicted molar refractivity (Wildman–Crippen MR) is 129 cm³/mol. The second-order valence-corrected chi connectivity index (χ2v) is 10.0. The molecule has 2 aliphatic rings. The first-order valence-corrected chi connectivity index (χ1v) is 12.0. The molecule has 10 nitrogen and oxygen atoms in total. The van der Waals surface area contributed by atoms with E-state index in [1.54, 1.807) is 41.3 Å². The molecular formula is C24H26N4O6S. The number of hydrogen-bond donors (Lipinski definition) is 1. The van der Waals surface area contributed by atoms with Gasteiger partial charge in [-0.25, -0.2) is 14.8 Å². The van der Waals surface area contributed by atoms with E-state index in [0.717, 1.165) is 17.3 Å². The number of imide groups is 1. The van der Waals surface area contributed by atoms with Crippen LogP contribution in [-0.4, -0.2) is 56.9 Å². The van der Waals surface area contributed by atoms with Gasteiger partial charge in [0, 0.05) is 25.9 Å². The summed E-state index contributed by atoms with van der Waals surface area (Å²) in [6.45, 7) is 6.63. The van der Waals surface area contributed by atoms with Crippen LogP contribution in [0, 0.1) is 0 Å². The maximum atomic E-state index is 12.2. The molecule has 0 atom stereocenters. The van der Waals surface area contributed by atoms with Crippen molar-refractivity contribution in [2.45, 2.75) is 45.3 Å². The highest BCUT2D eigenvalue weighted by atomic mass is 32.2. The predicted octanol–water partition coefficient (Wildman–Crippen LogP) is 4.37. The zero-order chi connectivity index (χ0) is 25.0. The highest BCUT2D eigenvalue weighted by Crippen LogP contribution is 2.28. The molecule has 0 bridgehead atoms. The van der Waals surface area contributed by atoms with Crippen molar-refractivity contribution >= 4 is 35.1 Å². The Bertz CT molecular complexity index is 1140. The Morgan fingerprint density at radius 3 is 2.43 bits per heavy atom. The average molecular weight is 499 g/mol. The number of aromatic nitrogens is 2. The number of carbonyl (C=O) groups excluding carboxylic acids is 3. The summed E-state index contributed by atoms with van der Waals surface area (Å²) in [5, 5.41) is 1.85. The minimum atomic E-state index is -0.523. The number of nitrogens with one attached hydrogen (secondary N) is 1. The normalized spacial score (nSPS) is 17.9. The van der Waals surface area contributed by atoms with Gasteiger partial charge in [-0.15, -0.1) is 0 Å². The van der Waals surface area contributed by atoms with Crippen LogP contribution < -0.4 is 14.8 Å². The van der Waals surface area contributed by atoms with E-state index in [0.29, 0.717) is 48.3 Å². The van der Waals surface area contributed by atoms with Crippen LogP contribution in [0.4, 0.5) is 9.59 Å². The molecule has 4 rings (SSSR count). The van der Waals surface area contributed by atoms with Gasteiger partial charge >= 0.3 is 6.09 Å². The summed E-state index contributed by atoms with van der Waals surface area (Å²) in [5.74, 6) is 0.857. The fraction of sp³-hybridized carbons (Fsp3) is 0.375. The number of rotatable bonds is 5. The van der Waals surface area contributed by atoms with Crippen LogP contribution >= 0.6 is 11.8 Å². The number of benzene rings is 1. The Morgan fingerprint density at radius 2 is 1.80 bits per heavy atom. The maximum Gasteiger partial charge on any atom is 0.410 e. The molecule has 1 aromatic heterocycles. The van der Waals surface area contributed by atoms with Crippen molar-refractivity contribution in [3.05, 3.63) is 47.1 Å². The van der Waals surface area contributed by atoms with Gasteiger partial charge in [-0.1, -0.05) is 12.1 Å². The standard InChI is InChI=1S/C24H26N4O6S/c1-24(2,3)34-23(31)28-10-8-17(9-11-28)33-20-13-19(25-14-26-20)32-16-6-4-15(5-7-16)12-18-21(29)27-22(30)35-18/h4-7,12-14,17H,8-11H2,1-3H3,(H,27,29,30)/b18-12-. The summed E-state index contributed by atoms with van der Waals surface area (Å²) in [5.41, 5.74) is 0.236. The van der Waals surface area contributed by atoms with Gasteiger partial charge in [0.05, 0.1) is 11.0 Å². The molecule has 35 heavy (non-hydrogen) atoms. The number of hydrogen-bond acceptors (Lipinski definition) is 9. The molecule has 0 spiro atoms. The van der Waals surface area contributed by atoms with Crippen LogP contribution in [-0.2, 0) is 9.53 Å². The maximum absolute atomic E-state index is 12.2. The summed E-state index contributed by atoms with van der Waals surface area (Å²) in [4.78, 5) is 45.5. The number of amides is 3. The number of piperidine rings is 1. The third kappa shape index (κ3) is 6.95. The molecule has 3 heterocycles. The summed E-state index contributed by atoms with van der Waals surface area (Å²) < 4.78 is 17.2. The van der Waals surface area contributed by atoms with Crippen molar-refractivity contribution in [2.75, 3.05) is 13.1 Å². The number of ether oxygens (including phenoxy) is 3. The molecular weight excluding hydrogens is 472 g/mol. The van der Waals surface area contributed by atoms with Gasteiger partial charge in [0.2, 0.25) is 11.8 Å². The molecule has 2 fully saturated rings. The van der Waals surface area contributed by atoms with E-state index in [-0.39, 0.29) is 17.4 Å². The lowest BCUT2D eigenvalue weighted by Crippen LogP contribution is -2.44. The smallest absolute Gasteiger partial charge is 0.410 e. The Labute approximate surface area is 207 Å². The first-order valence-electron chi connectivity index (χ1n) is 11.1. The van der Waals surface area contributed by atoms with E-state index in [1.165, 1.54) is 6.33 Å². The lowest BCUT2D eigenvalue weighted by Gasteiger charge is -2.33. The van der Waals surface area contributed by atoms with Crippen molar-refractivity contribution in [2.24, 2.45) is 0 Å². The SMILES string of the molecule is CC(C)(C)OC(=O)N1CCC(Oc2cc(Oc3ccc(/C=C4\SC(=O)NC4=O)cc3)ncn2)CC1. The van der Waals surface area contributed by atoms with Gasteiger partial charge in [-0.05, 0) is 56.3 Å². The third-order valence-corrected chi connectivity index (χ3v) is 5.85. The molecule has 3 amide bonds. The first kappa shape index (κ1) is 24.5. The summed E-state index contributed by atoms with van der Waals surface area (Å²) >= 11 is 0.868. The molecule has 1 aromatic carbocycles. The van der Waals surface area contributed by atoms with Crippen molar-refractivity contribution in [3.8, 4) is 17.5 Å². The molecule has 184 valence electrons. The molecule has 2 aromatic rings. The molecule has 0 saturated carbocycles. The summed E-state index contributed by atoms with van der Waals surface area (Å²) in [7, 11) is 0. The van der Waals surface area contributed by atoms with E-state index >= 15 is 0 Å². The monoisotopic (exact) mass is 498 g/mol. The fourth-order valence-electron chi connectivity index (χ4n) is 3.42. The van der Waals surface area contributed by atoms with E-state index in [2.05, 4.69) is 15.3 Å². The molecule has 11 heteroatoms. The van der Waals surface area contributed by atoms with Crippen LogP contribution in [0.2, 0.25) is 0 Å². The number of likely N-dealkylation sites (tertiary alicyclic amines) is 1. The van der Waals surface area contributed by atoms with Crippen molar-refractivity contribution in [1.82, 2.24) is 20.2 Å². The minimum absolute atomic E-state index is 0.0821. The zero-order valence-electron chi connectivity index (χ0n) is 19.6. The topological polar surface area (TPSA) is 120 Å². The third-order valence-electron chi connectivity index (χ3n) is 5.04. The van der Waals surface area contributed by atoms with Gasteiger partial charge in [-0.2, -0.15) is 0 Å². The van der Waals surface area contributed by atoms with Crippen LogP contribution in [0.25, 0.3) is 6.08 Å². The van der Waals surface area contributed by atoms with Gasteiger partial charge in [-0.3, -0.25) is 14.9 Å². The molecule has 2 saturated heterocycles. The second-order valence-electron chi connectivity index (χ2n) is 9.00. The number of nitrogens with zero attached hydrogens (tertiary/aromatic N) is 3. The average Bonchev–Trinajstić information content (AvgIpc) is 3.11. The van der Waals surface area contributed by atoms with Crippen LogP contribution in [0.3, 0.4) is 0 Å². The Hall–Kier alpha value is -3.60. The number of carbonyl (C=O) groups is 3. The second kappa shape index (κ2) is 10.3. The largest absolute Gasteiger partial charge is 0.474 e. The molecule has 0 radical (unpaired) electrons. The van der Waals surface area contributed by atoms with Gasteiger partial charge in [0.15, 0.2) is 0 Å². The van der Waals surface area contributed by atoms with Crippen LogP contribution in [0.1, 0.15) is 39.2 Å². The Morgan fingerprint density at radius 1 is 1.11 bits per heavy atom. The van der Waals surface area contributed by atoms with Crippen molar-refractivity contribution in [1.29, 1.82) is 0 Å². The number of thioether (sulfide) groups is 1. The zero-order valence-corrected chi connectivity index (χ0v) is 20.5. The highest BCUT2D eigenvalue weighted by Gasteiger charge is 2.28. The molecule has 1 N–H and O–H groups in total. The quantitative estimate of drug-likeness (QED) is 0.599. The molecule has 2 aliphatic heterocycles. The van der Waals surface area contributed by atoms with Crippen molar-refractivity contribution in [3.63, 3.8) is 0 Å². The van der Waals surface area contributed by atoms with Gasteiger partial charge in [0.25, 0.3) is 11.1 Å². The fourth-order valence-corrected chi connectivity index (χ4v) is 4.10. The summed E-state index contributed by atoms with van der Waals surface area (Å²) in [6.07, 6.45) is 3.94. The van der Waals surface area contributed by atoms with Crippen molar-refractivity contribution < 1.29 is 28.6 Å². The van der Waals surface area contributed by atoms with Crippen LogP contribution in [0.15, 0.2) is 41.6 Å². The van der Waals surface area contributed by atoms with E-state index in [9.17, 15) is 14.4 Å². The van der Waals surface area contributed by atoms with Gasteiger partial charge in [0.1, 0.15) is 23.8 Å².